The number of hydrogen-bond donors (Lipinski definition) is 1. The highest BCUT2D eigenvalue weighted by Crippen LogP contribution is 2.48. The number of halogens is 4. The molecule has 1 unspecified atom stereocenters. The molecule has 1 saturated carbocycles. The van der Waals surface area contributed by atoms with E-state index in [1.54, 1.807) is 18.5 Å². The van der Waals surface area contributed by atoms with Gasteiger partial charge in [0.15, 0.2) is 17.3 Å². The third kappa shape index (κ3) is 2.80. The van der Waals surface area contributed by atoms with Crippen LogP contribution in [-0.2, 0) is 17.8 Å². The number of benzene rings is 1. The molecule has 0 amide bonds. The van der Waals surface area contributed by atoms with E-state index < -0.39 is 34.5 Å². The second-order valence-electron chi connectivity index (χ2n) is 7.23. The quantitative estimate of drug-likeness (QED) is 0.617. The van der Waals surface area contributed by atoms with E-state index in [2.05, 4.69) is 24.4 Å². The third-order valence-corrected chi connectivity index (χ3v) is 6.51. The molecular formula is C18H16F4N4O3S. The molecule has 0 bridgehead atoms. The highest BCUT2D eigenvalue weighted by molar-refractivity contribution is 7.85. The Bertz CT molecular complexity index is 1150. The van der Waals surface area contributed by atoms with Gasteiger partial charge in [-0.15, -0.1) is 0 Å². The highest BCUT2D eigenvalue weighted by atomic mass is 32.2. The number of nitrogens with one attached hydrogen (secondary N) is 1. The number of aromatic nitrogens is 4. The van der Waals surface area contributed by atoms with Crippen LogP contribution in [0, 0.1) is 0 Å². The Hall–Kier alpha value is -2.63. The minimum atomic E-state index is -4.81. The van der Waals surface area contributed by atoms with Crippen molar-refractivity contribution in [1.82, 2.24) is 19.5 Å². The van der Waals surface area contributed by atoms with Gasteiger partial charge in [-0.05, 0) is 12.8 Å². The first-order valence-electron chi connectivity index (χ1n) is 9.24. The number of H-pyrrole nitrogens is 1. The molecule has 1 aliphatic carbocycles. The minimum Gasteiger partial charge on any atom is -0.421 e. The summed E-state index contributed by atoms with van der Waals surface area (Å²) in [6.45, 7) is 1.78. The minimum absolute atomic E-state index is 0.195. The number of alkyl halides is 4. The van der Waals surface area contributed by atoms with Gasteiger partial charge >= 0.3 is 12.2 Å². The van der Waals surface area contributed by atoms with Gasteiger partial charge in [-0.25, -0.2) is 9.97 Å². The molecule has 1 fully saturated rings. The summed E-state index contributed by atoms with van der Waals surface area (Å²) in [6, 6.07) is 2.21. The Labute approximate surface area is 169 Å². The summed E-state index contributed by atoms with van der Waals surface area (Å²) in [5.74, 6) is 0.632. The summed E-state index contributed by atoms with van der Waals surface area (Å²) >= 11 is 0. The van der Waals surface area contributed by atoms with Crippen molar-refractivity contribution < 1.29 is 31.2 Å². The van der Waals surface area contributed by atoms with Gasteiger partial charge in [0.1, 0.15) is 16.5 Å². The van der Waals surface area contributed by atoms with Crippen LogP contribution in [0.5, 0.6) is 11.5 Å². The first-order valence-corrected chi connectivity index (χ1v) is 10.6. The van der Waals surface area contributed by atoms with Crippen LogP contribution in [0.15, 0.2) is 17.2 Å². The molecule has 0 radical (unpaired) electrons. The molecule has 7 nitrogen and oxygen atoms in total. The van der Waals surface area contributed by atoms with Gasteiger partial charge in [0, 0.05) is 30.9 Å². The second-order valence-corrected chi connectivity index (χ2v) is 8.89. The van der Waals surface area contributed by atoms with Crippen molar-refractivity contribution >= 4 is 21.8 Å². The molecule has 30 heavy (non-hydrogen) atoms. The number of imidazole rings is 2. The summed E-state index contributed by atoms with van der Waals surface area (Å²) in [4.78, 5) is 11.9. The van der Waals surface area contributed by atoms with Gasteiger partial charge in [0.25, 0.3) is 0 Å². The van der Waals surface area contributed by atoms with Crippen molar-refractivity contribution in [2.45, 2.75) is 42.9 Å². The lowest BCUT2D eigenvalue weighted by Gasteiger charge is -2.31. The monoisotopic (exact) mass is 444 g/mol. The van der Waals surface area contributed by atoms with Crippen molar-refractivity contribution in [3.63, 3.8) is 0 Å². The van der Waals surface area contributed by atoms with Crippen molar-refractivity contribution in [3.8, 4) is 23.0 Å². The van der Waals surface area contributed by atoms with E-state index in [4.69, 9.17) is 0 Å². The molecule has 1 atom stereocenters. The van der Waals surface area contributed by atoms with Crippen LogP contribution in [-0.4, -0.2) is 41.7 Å². The van der Waals surface area contributed by atoms with E-state index in [0.29, 0.717) is 22.4 Å². The molecule has 3 heterocycles. The number of hydrogen-bond acceptors (Lipinski definition) is 5. The molecule has 2 aromatic heterocycles. The smallest absolute Gasteiger partial charge is 0.421 e. The van der Waals surface area contributed by atoms with Crippen LogP contribution in [0.3, 0.4) is 0 Å². The lowest BCUT2D eigenvalue weighted by atomic mass is 10.2. The summed E-state index contributed by atoms with van der Waals surface area (Å²) in [6.07, 6.45) is -7.63. The van der Waals surface area contributed by atoms with E-state index in [0.717, 1.165) is 30.8 Å². The maximum Gasteiger partial charge on any atom is 0.507 e. The average Bonchev–Trinajstić information content (AvgIpc) is 3.33. The summed E-state index contributed by atoms with van der Waals surface area (Å²) in [5.41, 5.74) is 0.840. The highest BCUT2D eigenvalue weighted by Gasteiger charge is 2.66. The summed E-state index contributed by atoms with van der Waals surface area (Å²) < 4.78 is 76.7. The summed E-state index contributed by atoms with van der Waals surface area (Å²) in [5, 5.41) is 0.494. The van der Waals surface area contributed by atoms with Crippen LogP contribution in [0.1, 0.15) is 31.5 Å². The molecule has 160 valence electrons. The standard InChI is InChI=1S/C18H16F4N4O3S/c1-3-30(27)16-13(25-15(26(16)2)8-4-5-8)14-23-9-6-11-12(7-10(9)24-14)29-18(21,22)17(19,20)28-11/h6-8H,3-5H2,1-2H3,(H,23,24). The molecule has 3 aromatic rings. The van der Waals surface area contributed by atoms with Crippen LogP contribution in [0.2, 0.25) is 0 Å². The lowest BCUT2D eigenvalue weighted by molar-refractivity contribution is -0.391. The molecule has 1 aromatic carbocycles. The van der Waals surface area contributed by atoms with Crippen molar-refractivity contribution in [1.29, 1.82) is 0 Å². The topological polar surface area (TPSA) is 82.0 Å². The van der Waals surface area contributed by atoms with Gasteiger partial charge in [0.05, 0.1) is 21.8 Å². The van der Waals surface area contributed by atoms with Crippen molar-refractivity contribution in [3.05, 3.63) is 18.0 Å². The average molecular weight is 444 g/mol. The third-order valence-electron chi connectivity index (χ3n) is 5.08. The first kappa shape index (κ1) is 19.3. The Morgan fingerprint density at radius 1 is 1.17 bits per heavy atom. The maximum absolute atomic E-state index is 13.5. The molecule has 5 rings (SSSR count). The molecule has 1 N–H and O–H groups in total. The van der Waals surface area contributed by atoms with E-state index in [-0.39, 0.29) is 16.9 Å². The number of ether oxygens (including phenoxy) is 2. The van der Waals surface area contributed by atoms with Gasteiger partial charge in [0.2, 0.25) is 0 Å². The SMILES string of the molecule is CCS(=O)c1c(-c2nc3cc4c(cc3[nH]2)OC(F)(F)C(F)(F)O4)nc(C2CC2)n1C. The largest absolute Gasteiger partial charge is 0.507 e. The van der Waals surface area contributed by atoms with E-state index >= 15 is 0 Å². The predicted octanol–water partition coefficient (Wildman–Crippen LogP) is 3.93. The van der Waals surface area contributed by atoms with E-state index in [9.17, 15) is 21.8 Å². The number of nitrogens with zero attached hydrogens (tertiary/aromatic N) is 3. The molecule has 2 aliphatic rings. The number of fused-ring (bicyclic) bond motifs is 2. The van der Waals surface area contributed by atoms with Gasteiger partial charge in [-0.1, -0.05) is 6.92 Å². The van der Waals surface area contributed by atoms with Crippen molar-refractivity contribution in [2.75, 3.05) is 5.75 Å². The molecule has 0 saturated heterocycles. The fourth-order valence-corrected chi connectivity index (χ4v) is 4.47. The second kappa shape index (κ2) is 6.19. The Morgan fingerprint density at radius 2 is 1.80 bits per heavy atom. The molecule has 12 heteroatoms. The zero-order chi connectivity index (χ0) is 21.4. The van der Waals surface area contributed by atoms with E-state index in [1.807, 2.05) is 0 Å². The van der Waals surface area contributed by atoms with Crippen LogP contribution in [0.25, 0.3) is 22.6 Å². The maximum atomic E-state index is 13.5. The zero-order valence-corrected chi connectivity index (χ0v) is 16.7. The number of rotatable bonds is 4. The molecular weight excluding hydrogens is 428 g/mol. The Kier molecular flexibility index (Phi) is 3.99. The molecule has 0 spiro atoms. The van der Waals surface area contributed by atoms with Crippen molar-refractivity contribution in [2.24, 2.45) is 7.05 Å². The van der Waals surface area contributed by atoms with Crippen LogP contribution >= 0.6 is 0 Å². The van der Waals surface area contributed by atoms with Gasteiger partial charge in [-0.2, -0.15) is 17.6 Å². The lowest BCUT2D eigenvalue weighted by Crippen LogP contribution is -2.52. The fourth-order valence-electron chi connectivity index (χ4n) is 3.44. The van der Waals surface area contributed by atoms with Gasteiger partial charge in [-0.3, -0.25) is 4.21 Å². The van der Waals surface area contributed by atoms with Crippen LogP contribution < -0.4 is 9.47 Å². The van der Waals surface area contributed by atoms with Crippen LogP contribution in [0.4, 0.5) is 17.6 Å². The summed E-state index contributed by atoms with van der Waals surface area (Å²) in [7, 11) is 0.458. The zero-order valence-electron chi connectivity index (χ0n) is 15.8. The van der Waals surface area contributed by atoms with Gasteiger partial charge < -0.3 is 19.0 Å². The Balaban J connectivity index is 1.64. The van der Waals surface area contributed by atoms with E-state index in [1.165, 1.54) is 0 Å². The fraction of sp³-hybridized carbons (Fsp3) is 0.444. The normalized spacial score (nSPS) is 20.5. The Morgan fingerprint density at radius 3 is 2.40 bits per heavy atom. The first-order chi connectivity index (χ1) is 14.1. The molecule has 1 aliphatic heterocycles. The number of aromatic amines is 1. The predicted molar refractivity (Wildman–Crippen MR) is 98.4 cm³/mol.